The van der Waals surface area contributed by atoms with Crippen LogP contribution in [0.4, 0.5) is 0 Å². The van der Waals surface area contributed by atoms with Gasteiger partial charge < -0.3 is 16.4 Å². The first-order chi connectivity index (χ1) is 8.22. The molecule has 98 valence electrons. The van der Waals surface area contributed by atoms with Crippen molar-refractivity contribution in [1.82, 2.24) is 10.6 Å². The van der Waals surface area contributed by atoms with Gasteiger partial charge in [0, 0.05) is 6.54 Å². The van der Waals surface area contributed by atoms with Crippen LogP contribution < -0.4 is 16.4 Å². The molecule has 0 unspecified atom stereocenters. The number of hydrogen-bond acceptors (Lipinski definition) is 3. The maximum Gasteiger partial charge on any atom is 0.239 e. The van der Waals surface area contributed by atoms with Gasteiger partial charge in [0.25, 0.3) is 0 Å². The molecular weight excluding hydrogens is 218 g/mol. The number of amides is 2. The summed E-state index contributed by atoms with van der Waals surface area (Å²) in [6.07, 6.45) is 7.65. The Morgan fingerprint density at radius 1 is 1.12 bits per heavy atom. The van der Waals surface area contributed by atoms with Gasteiger partial charge in [-0.3, -0.25) is 9.59 Å². The zero-order valence-electron chi connectivity index (χ0n) is 10.3. The number of carbonyl (C=O) groups is 2. The number of rotatable bonds is 7. The third-order valence-electron chi connectivity index (χ3n) is 3.22. The second-order valence-corrected chi connectivity index (χ2v) is 4.62. The molecule has 5 heteroatoms. The van der Waals surface area contributed by atoms with Crippen molar-refractivity contribution in [2.24, 2.45) is 11.7 Å². The second kappa shape index (κ2) is 8.06. The molecule has 0 spiro atoms. The van der Waals surface area contributed by atoms with Crippen molar-refractivity contribution in [3.8, 4) is 0 Å². The van der Waals surface area contributed by atoms with E-state index >= 15 is 0 Å². The Morgan fingerprint density at radius 2 is 1.82 bits per heavy atom. The van der Waals surface area contributed by atoms with E-state index in [-0.39, 0.29) is 24.9 Å². The molecule has 0 aliphatic heterocycles. The first-order valence-corrected chi connectivity index (χ1v) is 6.46. The Kier molecular flexibility index (Phi) is 6.62. The predicted octanol–water partition coefficient (Wildman–Crippen LogP) is 0.148. The van der Waals surface area contributed by atoms with Crippen molar-refractivity contribution >= 4 is 11.8 Å². The fourth-order valence-corrected chi connectivity index (χ4v) is 2.23. The summed E-state index contributed by atoms with van der Waals surface area (Å²) < 4.78 is 0. The Labute approximate surface area is 103 Å². The highest BCUT2D eigenvalue weighted by Gasteiger charge is 2.14. The third-order valence-corrected chi connectivity index (χ3v) is 3.22. The molecular formula is C12H23N3O2. The van der Waals surface area contributed by atoms with Crippen LogP contribution in [0.15, 0.2) is 0 Å². The van der Waals surface area contributed by atoms with E-state index in [2.05, 4.69) is 10.6 Å². The fourth-order valence-electron chi connectivity index (χ4n) is 2.23. The minimum Gasteiger partial charge on any atom is -0.355 e. The van der Waals surface area contributed by atoms with Crippen LogP contribution in [0.2, 0.25) is 0 Å². The average molecular weight is 241 g/mol. The molecule has 0 atom stereocenters. The van der Waals surface area contributed by atoms with E-state index in [1.165, 1.54) is 32.1 Å². The van der Waals surface area contributed by atoms with Gasteiger partial charge in [-0.15, -0.1) is 0 Å². The molecule has 1 saturated carbocycles. The first kappa shape index (κ1) is 14.0. The van der Waals surface area contributed by atoms with E-state index in [0.29, 0.717) is 6.54 Å². The molecule has 1 aliphatic rings. The van der Waals surface area contributed by atoms with E-state index in [9.17, 15) is 9.59 Å². The number of nitrogens with one attached hydrogen (secondary N) is 2. The maximum absolute atomic E-state index is 11.3. The zero-order valence-corrected chi connectivity index (χ0v) is 10.3. The largest absolute Gasteiger partial charge is 0.355 e. The summed E-state index contributed by atoms with van der Waals surface area (Å²) in [5.74, 6) is 0.424. The molecule has 0 aromatic heterocycles. The van der Waals surface area contributed by atoms with Crippen LogP contribution in [0, 0.1) is 5.92 Å². The predicted molar refractivity (Wildman–Crippen MR) is 66.3 cm³/mol. The normalized spacial score (nSPS) is 15.8. The Bertz CT molecular complexity index is 250. The fraction of sp³-hybridized carbons (Fsp3) is 0.833. The van der Waals surface area contributed by atoms with Crippen LogP contribution in [0.1, 0.15) is 38.5 Å². The molecule has 0 aromatic carbocycles. The van der Waals surface area contributed by atoms with Crippen molar-refractivity contribution in [1.29, 1.82) is 0 Å². The minimum absolute atomic E-state index is 0.0272. The topological polar surface area (TPSA) is 84.2 Å². The van der Waals surface area contributed by atoms with Crippen molar-refractivity contribution in [2.45, 2.75) is 38.5 Å². The highest BCUT2D eigenvalue weighted by atomic mass is 16.2. The van der Waals surface area contributed by atoms with Crippen LogP contribution >= 0.6 is 0 Å². The molecule has 0 aromatic rings. The van der Waals surface area contributed by atoms with Gasteiger partial charge in [0.05, 0.1) is 13.1 Å². The summed E-state index contributed by atoms with van der Waals surface area (Å²) in [6.45, 7) is 0.655. The molecule has 0 saturated heterocycles. The van der Waals surface area contributed by atoms with Crippen molar-refractivity contribution in [2.75, 3.05) is 19.6 Å². The average Bonchev–Trinajstić information content (AvgIpc) is 2.84. The molecule has 0 bridgehead atoms. The van der Waals surface area contributed by atoms with Gasteiger partial charge in [0.15, 0.2) is 0 Å². The van der Waals surface area contributed by atoms with Gasteiger partial charge in [0.2, 0.25) is 11.8 Å². The van der Waals surface area contributed by atoms with E-state index < -0.39 is 0 Å². The lowest BCUT2D eigenvalue weighted by atomic mass is 10.0. The lowest BCUT2D eigenvalue weighted by molar-refractivity contribution is -0.125. The molecule has 4 N–H and O–H groups in total. The summed E-state index contributed by atoms with van der Waals surface area (Å²) in [5.41, 5.74) is 5.11. The molecule has 1 rings (SSSR count). The minimum atomic E-state index is -0.300. The molecule has 2 amide bonds. The standard InChI is InChI=1S/C12H23N3O2/c13-8-11(16)15-9-12(17)14-7-3-6-10-4-1-2-5-10/h10H,1-9,13H2,(H,14,17)(H,15,16). The van der Waals surface area contributed by atoms with Crippen LogP contribution in [0.5, 0.6) is 0 Å². The van der Waals surface area contributed by atoms with Crippen LogP contribution in [-0.4, -0.2) is 31.4 Å². The summed E-state index contributed by atoms with van der Waals surface area (Å²) in [5, 5.41) is 5.23. The monoisotopic (exact) mass is 241 g/mol. The third kappa shape index (κ3) is 6.26. The first-order valence-electron chi connectivity index (χ1n) is 6.46. The van der Waals surface area contributed by atoms with E-state index in [0.717, 1.165) is 12.3 Å². The SMILES string of the molecule is NCC(=O)NCC(=O)NCCCC1CCCC1. The van der Waals surface area contributed by atoms with Crippen LogP contribution in [0.3, 0.4) is 0 Å². The van der Waals surface area contributed by atoms with Gasteiger partial charge in [0.1, 0.15) is 0 Å². The van der Waals surface area contributed by atoms with Crippen LogP contribution in [-0.2, 0) is 9.59 Å². The van der Waals surface area contributed by atoms with E-state index in [4.69, 9.17) is 5.73 Å². The van der Waals surface area contributed by atoms with Crippen molar-refractivity contribution in [3.63, 3.8) is 0 Å². The molecule has 17 heavy (non-hydrogen) atoms. The Morgan fingerprint density at radius 3 is 2.47 bits per heavy atom. The maximum atomic E-state index is 11.3. The molecule has 5 nitrogen and oxygen atoms in total. The van der Waals surface area contributed by atoms with Gasteiger partial charge in [-0.05, 0) is 18.8 Å². The smallest absolute Gasteiger partial charge is 0.239 e. The second-order valence-electron chi connectivity index (χ2n) is 4.62. The lowest BCUT2D eigenvalue weighted by Gasteiger charge is -2.09. The van der Waals surface area contributed by atoms with Gasteiger partial charge >= 0.3 is 0 Å². The van der Waals surface area contributed by atoms with E-state index in [1.54, 1.807) is 0 Å². The highest BCUT2D eigenvalue weighted by molar-refractivity contribution is 5.85. The quantitative estimate of drug-likeness (QED) is 0.555. The van der Waals surface area contributed by atoms with Gasteiger partial charge in [-0.25, -0.2) is 0 Å². The number of hydrogen-bond donors (Lipinski definition) is 3. The zero-order chi connectivity index (χ0) is 12.5. The molecule has 0 heterocycles. The summed E-state index contributed by atoms with van der Waals surface area (Å²) in [7, 11) is 0. The van der Waals surface area contributed by atoms with Gasteiger partial charge in [-0.2, -0.15) is 0 Å². The molecule has 0 radical (unpaired) electrons. The number of carbonyl (C=O) groups excluding carboxylic acids is 2. The van der Waals surface area contributed by atoms with Crippen LogP contribution in [0.25, 0.3) is 0 Å². The van der Waals surface area contributed by atoms with Crippen molar-refractivity contribution in [3.05, 3.63) is 0 Å². The van der Waals surface area contributed by atoms with E-state index in [1.807, 2.05) is 0 Å². The Balaban J connectivity index is 1.94. The summed E-state index contributed by atoms with van der Waals surface area (Å²) in [4.78, 5) is 22.1. The summed E-state index contributed by atoms with van der Waals surface area (Å²) >= 11 is 0. The van der Waals surface area contributed by atoms with Crippen molar-refractivity contribution < 1.29 is 9.59 Å². The highest BCUT2D eigenvalue weighted by Crippen LogP contribution is 2.28. The lowest BCUT2D eigenvalue weighted by Crippen LogP contribution is -2.39. The number of nitrogens with two attached hydrogens (primary N) is 1. The Hall–Kier alpha value is -1.10. The van der Waals surface area contributed by atoms with Gasteiger partial charge in [-0.1, -0.05) is 25.7 Å². The molecule has 1 aliphatic carbocycles. The summed E-state index contributed by atoms with van der Waals surface area (Å²) in [6, 6.07) is 0. The molecule has 1 fully saturated rings.